The second-order valence-corrected chi connectivity index (χ2v) is 4.00. The number of nitrogens with two attached hydrogens (primary N) is 1. The number of rotatable bonds is 4. The monoisotopic (exact) mass is 209 g/mol. The molecule has 0 aliphatic heterocycles. The molecule has 0 aromatic carbocycles. The Bertz CT molecular complexity index is 312. The molecular weight excluding hydrogens is 190 g/mol. The summed E-state index contributed by atoms with van der Waals surface area (Å²) in [6.45, 7) is 6.54. The van der Waals surface area contributed by atoms with E-state index in [4.69, 9.17) is 5.84 Å². The summed E-state index contributed by atoms with van der Waals surface area (Å²) in [6, 6.07) is 2.25. The van der Waals surface area contributed by atoms with Crippen molar-refractivity contribution in [3.8, 4) is 0 Å². The van der Waals surface area contributed by atoms with Gasteiger partial charge in [-0.3, -0.25) is 0 Å². The first kappa shape index (κ1) is 11.7. The van der Waals surface area contributed by atoms with E-state index >= 15 is 0 Å². The summed E-state index contributed by atoms with van der Waals surface area (Å²) in [5, 5.41) is 0. The van der Waals surface area contributed by atoms with Crippen LogP contribution in [0, 0.1) is 5.92 Å². The van der Waals surface area contributed by atoms with Gasteiger partial charge in [-0.2, -0.15) is 0 Å². The van der Waals surface area contributed by atoms with Crippen LogP contribution in [-0.2, 0) is 0 Å². The van der Waals surface area contributed by atoms with Crippen molar-refractivity contribution in [1.29, 1.82) is 0 Å². The van der Waals surface area contributed by atoms with Gasteiger partial charge in [-0.05, 0) is 12.8 Å². The van der Waals surface area contributed by atoms with Crippen LogP contribution < -0.4 is 16.2 Å². The van der Waals surface area contributed by atoms with E-state index in [0.29, 0.717) is 17.8 Å². The predicted octanol–water partition coefficient (Wildman–Crippen LogP) is 1.24. The fourth-order valence-corrected chi connectivity index (χ4v) is 1.27. The highest BCUT2D eigenvalue weighted by Crippen LogP contribution is 2.17. The van der Waals surface area contributed by atoms with E-state index in [-0.39, 0.29) is 0 Å². The number of nitrogens with one attached hydrogen (secondary N) is 1. The van der Waals surface area contributed by atoms with E-state index in [9.17, 15) is 0 Å². The molecule has 5 nitrogen and oxygen atoms in total. The van der Waals surface area contributed by atoms with Gasteiger partial charge in [0.2, 0.25) is 0 Å². The lowest BCUT2D eigenvalue weighted by Crippen LogP contribution is -2.33. The summed E-state index contributed by atoms with van der Waals surface area (Å²) in [4.78, 5) is 10.3. The number of nitrogens with zero attached hydrogens (tertiary/aromatic N) is 3. The Balaban J connectivity index is 2.85. The standard InChI is InChI=1S/C10H19N5/c1-7(2)8(3)15(4)10-5-9(14-11)12-6-13-10/h5-8H,11H2,1-4H3,(H,12,13,14). The van der Waals surface area contributed by atoms with E-state index in [0.717, 1.165) is 5.82 Å². The smallest absolute Gasteiger partial charge is 0.145 e. The molecule has 0 amide bonds. The molecule has 1 heterocycles. The predicted molar refractivity (Wildman–Crippen MR) is 62.5 cm³/mol. The summed E-state index contributed by atoms with van der Waals surface area (Å²) < 4.78 is 0. The van der Waals surface area contributed by atoms with Crippen molar-refractivity contribution in [1.82, 2.24) is 9.97 Å². The molecule has 0 bridgehead atoms. The van der Waals surface area contributed by atoms with Crippen molar-refractivity contribution in [2.75, 3.05) is 17.4 Å². The van der Waals surface area contributed by atoms with Gasteiger partial charge in [0.15, 0.2) is 0 Å². The van der Waals surface area contributed by atoms with Crippen molar-refractivity contribution >= 4 is 11.6 Å². The molecule has 1 aromatic rings. The molecule has 0 saturated carbocycles. The van der Waals surface area contributed by atoms with Crippen molar-refractivity contribution in [2.24, 2.45) is 11.8 Å². The number of hydrogen-bond acceptors (Lipinski definition) is 5. The van der Waals surface area contributed by atoms with Crippen LogP contribution in [0.15, 0.2) is 12.4 Å². The van der Waals surface area contributed by atoms with Crippen LogP contribution in [-0.4, -0.2) is 23.1 Å². The number of hydrogen-bond donors (Lipinski definition) is 2. The second-order valence-electron chi connectivity index (χ2n) is 4.00. The number of nitrogen functional groups attached to an aromatic ring is 1. The SMILES string of the molecule is CC(C)C(C)N(C)c1cc(NN)ncn1. The third-order valence-corrected chi connectivity index (χ3v) is 2.74. The molecule has 5 heteroatoms. The fourth-order valence-electron chi connectivity index (χ4n) is 1.27. The van der Waals surface area contributed by atoms with E-state index in [2.05, 4.69) is 41.1 Å². The second kappa shape index (κ2) is 4.93. The minimum absolute atomic E-state index is 0.422. The van der Waals surface area contributed by atoms with Gasteiger partial charge >= 0.3 is 0 Å². The average Bonchev–Trinajstić information content (AvgIpc) is 2.27. The van der Waals surface area contributed by atoms with Gasteiger partial charge < -0.3 is 10.3 Å². The maximum absolute atomic E-state index is 5.30. The lowest BCUT2D eigenvalue weighted by molar-refractivity contribution is 0.502. The summed E-state index contributed by atoms with van der Waals surface area (Å²) in [7, 11) is 2.02. The van der Waals surface area contributed by atoms with Crippen LogP contribution in [0.1, 0.15) is 20.8 Å². The molecule has 1 aromatic heterocycles. The third-order valence-electron chi connectivity index (χ3n) is 2.74. The molecule has 0 saturated heterocycles. The molecule has 1 rings (SSSR count). The van der Waals surface area contributed by atoms with E-state index in [1.165, 1.54) is 6.33 Å². The first-order valence-corrected chi connectivity index (χ1v) is 5.07. The maximum atomic E-state index is 5.30. The Morgan fingerprint density at radius 3 is 2.53 bits per heavy atom. The average molecular weight is 209 g/mol. The van der Waals surface area contributed by atoms with Gasteiger partial charge in [0.1, 0.15) is 18.0 Å². The van der Waals surface area contributed by atoms with Gasteiger partial charge in [0, 0.05) is 19.2 Å². The molecule has 0 aliphatic carbocycles. The van der Waals surface area contributed by atoms with Crippen molar-refractivity contribution < 1.29 is 0 Å². The minimum Gasteiger partial charge on any atom is -0.357 e. The quantitative estimate of drug-likeness (QED) is 0.577. The Labute approximate surface area is 90.7 Å². The Morgan fingerprint density at radius 2 is 2.00 bits per heavy atom. The summed E-state index contributed by atoms with van der Waals surface area (Å²) >= 11 is 0. The molecule has 0 spiro atoms. The Kier molecular flexibility index (Phi) is 3.85. The first-order valence-electron chi connectivity index (χ1n) is 5.07. The van der Waals surface area contributed by atoms with Gasteiger partial charge in [0.25, 0.3) is 0 Å². The van der Waals surface area contributed by atoms with Crippen molar-refractivity contribution in [3.05, 3.63) is 12.4 Å². The Morgan fingerprint density at radius 1 is 1.33 bits per heavy atom. The van der Waals surface area contributed by atoms with Crippen LogP contribution in [0.25, 0.3) is 0 Å². The topological polar surface area (TPSA) is 67.1 Å². The molecule has 15 heavy (non-hydrogen) atoms. The molecule has 1 unspecified atom stereocenters. The highest BCUT2D eigenvalue weighted by Gasteiger charge is 2.14. The lowest BCUT2D eigenvalue weighted by atomic mass is 10.1. The van der Waals surface area contributed by atoms with E-state index in [1.807, 2.05) is 13.1 Å². The molecule has 0 fully saturated rings. The zero-order valence-electron chi connectivity index (χ0n) is 9.73. The molecule has 1 atom stereocenters. The zero-order valence-corrected chi connectivity index (χ0v) is 9.73. The van der Waals surface area contributed by atoms with Gasteiger partial charge in [-0.25, -0.2) is 15.8 Å². The Hall–Kier alpha value is -1.36. The van der Waals surface area contributed by atoms with Gasteiger partial charge in [-0.1, -0.05) is 13.8 Å². The zero-order chi connectivity index (χ0) is 11.4. The van der Waals surface area contributed by atoms with Crippen LogP contribution in [0.3, 0.4) is 0 Å². The highest BCUT2D eigenvalue weighted by atomic mass is 15.3. The molecule has 0 radical (unpaired) electrons. The van der Waals surface area contributed by atoms with Crippen molar-refractivity contribution in [2.45, 2.75) is 26.8 Å². The van der Waals surface area contributed by atoms with Crippen LogP contribution in [0.2, 0.25) is 0 Å². The van der Waals surface area contributed by atoms with Crippen LogP contribution >= 0.6 is 0 Å². The normalized spacial score (nSPS) is 12.7. The maximum Gasteiger partial charge on any atom is 0.145 e. The number of aromatic nitrogens is 2. The summed E-state index contributed by atoms with van der Waals surface area (Å²) in [6.07, 6.45) is 1.51. The largest absolute Gasteiger partial charge is 0.357 e. The van der Waals surface area contributed by atoms with Crippen LogP contribution in [0.4, 0.5) is 11.6 Å². The summed E-state index contributed by atoms with van der Waals surface area (Å²) in [5.41, 5.74) is 2.51. The van der Waals surface area contributed by atoms with Gasteiger partial charge in [-0.15, -0.1) is 0 Å². The van der Waals surface area contributed by atoms with E-state index < -0.39 is 0 Å². The van der Waals surface area contributed by atoms with Crippen LogP contribution in [0.5, 0.6) is 0 Å². The highest BCUT2D eigenvalue weighted by molar-refractivity contribution is 5.47. The van der Waals surface area contributed by atoms with Crippen molar-refractivity contribution in [3.63, 3.8) is 0 Å². The van der Waals surface area contributed by atoms with E-state index in [1.54, 1.807) is 0 Å². The molecule has 0 aliphatic rings. The fraction of sp³-hybridized carbons (Fsp3) is 0.600. The number of hydrazine groups is 1. The summed E-state index contributed by atoms with van der Waals surface area (Å²) in [5.74, 6) is 7.37. The molecule has 84 valence electrons. The molecule has 3 N–H and O–H groups in total. The lowest BCUT2D eigenvalue weighted by Gasteiger charge is -2.28. The number of anilines is 2. The third kappa shape index (κ3) is 2.79. The van der Waals surface area contributed by atoms with Gasteiger partial charge in [0.05, 0.1) is 0 Å². The molecular formula is C10H19N5. The minimum atomic E-state index is 0.422. The first-order chi connectivity index (χ1) is 7.06.